The van der Waals surface area contributed by atoms with E-state index < -0.39 is 28.1 Å². The van der Waals surface area contributed by atoms with Gasteiger partial charge in [0.05, 0.1) is 18.7 Å². The van der Waals surface area contributed by atoms with Gasteiger partial charge in [0.25, 0.3) is 0 Å². The van der Waals surface area contributed by atoms with E-state index in [1.807, 2.05) is 0 Å². The van der Waals surface area contributed by atoms with Crippen molar-refractivity contribution in [2.75, 3.05) is 19.3 Å². The van der Waals surface area contributed by atoms with Crippen molar-refractivity contribution in [3.63, 3.8) is 0 Å². The Morgan fingerprint density at radius 2 is 1.89 bits per heavy atom. The molecule has 0 unspecified atom stereocenters. The molecule has 1 fully saturated rings. The Hall–Kier alpha value is -1.15. The number of nitrogens with zero attached hydrogens (tertiary/aromatic N) is 2. The van der Waals surface area contributed by atoms with Gasteiger partial charge in [0.15, 0.2) is 0 Å². The molecule has 7 nitrogen and oxygen atoms in total. The average molecular weight is 278 g/mol. The number of rotatable bonds is 3. The summed E-state index contributed by atoms with van der Waals surface area (Å²) < 4.78 is 24.6. The summed E-state index contributed by atoms with van der Waals surface area (Å²) in [6.45, 7) is 3.48. The van der Waals surface area contributed by atoms with Gasteiger partial charge < -0.3 is 10.0 Å². The van der Waals surface area contributed by atoms with Crippen LogP contribution in [0.3, 0.4) is 0 Å². The molecule has 0 radical (unpaired) electrons. The quantitative estimate of drug-likeness (QED) is 0.739. The van der Waals surface area contributed by atoms with Crippen LogP contribution in [0, 0.1) is 0 Å². The number of amides is 1. The van der Waals surface area contributed by atoms with Gasteiger partial charge >= 0.3 is 5.97 Å². The topological polar surface area (TPSA) is 95.0 Å². The molecule has 0 spiro atoms. The van der Waals surface area contributed by atoms with Crippen molar-refractivity contribution in [2.24, 2.45) is 0 Å². The van der Waals surface area contributed by atoms with E-state index in [0.717, 1.165) is 6.26 Å². The summed E-state index contributed by atoms with van der Waals surface area (Å²) in [6.07, 6.45) is 0.753. The Bertz CT molecular complexity index is 447. The molecule has 0 aromatic rings. The van der Waals surface area contributed by atoms with Crippen LogP contribution in [0.1, 0.15) is 20.3 Å². The van der Waals surface area contributed by atoms with Gasteiger partial charge in [-0.2, -0.15) is 4.31 Å². The van der Waals surface area contributed by atoms with Crippen LogP contribution in [0.4, 0.5) is 0 Å². The molecule has 0 saturated carbocycles. The van der Waals surface area contributed by atoms with Gasteiger partial charge in [-0.05, 0) is 6.92 Å². The first-order chi connectivity index (χ1) is 8.12. The number of aliphatic carboxylic acids is 1. The largest absolute Gasteiger partial charge is 0.481 e. The van der Waals surface area contributed by atoms with E-state index in [9.17, 15) is 18.0 Å². The number of piperazine rings is 1. The molecule has 1 N–H and O–H groups in total. The predicted octanol–water partition coefficient (Wildman–Crippen LogP) is -0.658. The summed E-state index contributed by atoms with van der Waals surface area (Å²) in [4.78, 5) is 23.6. The van der Waals surface area contributed by atoms with Gasteiger partial charge in [-0.1, -0.05) is 0 Å². The second kappa shape index (κ2) is 5.23. The summed E-state index contributed by atoms with van der Waals surface area (Å²) in [6, 6.07) is -1.12. The average Bonchev–Trinajstić information content (AvgIpc) is 2.12. The fraction of sp³-hybridized carbons (Fsp3) is 0.800. The van der Waals surface area contributed by atoms with Gasteiger partial charge in [0, 0.05) is 26.1 Å². The van der Waals surface area contributed by atoms with Crippen molar-refractivity contribution in [3.8, 4) is 0 Å². The lowest BCUT2D eigenvalue weighted by molar-refractivity contribution is -0.140. The number of carboxylic acid groups (broad SMARTS) is 1. The molecule has 1 aliphatic rings. The molecule has 1 heterocycles. The highest BCUT2D eigenvalue weighted by Crippen LogP contribution is 2.21. The molecule has 1 rings (SSSR count). The van der Waals surface area contributed by atoms with Crippen molar-refractivity contribution in [1.82, 2.24) is 9.21 Å². The lowest BCUT2D eigenvalue weighted by Crippen LogP contribution is -2.60. The molecule has 0 bridgehead atoms. The number of carboxylic acids is 1. The third-order valence-electron chi connectivity index (χ3n) is 2.95. The smallest absolute Gasteiger partial charge is 0.305 e. The molecule has 8 heteroatoms. The number of carbonyl (C=O) groups is 2. The lowest BCUT2D eigenvalue weighted by atomic mass is 10.1. The van der Waals surface area contributed by atoms with Crippen LogP contribution in [0.2, 0.25) is 0 Å². The monoisotopic (exact) mass is 278 g/mol. The number of hydrogen-bond acceptors (Lipinski definition) is 4. The highest BCUT2D eigenvalue weighted by atomic mass is 32.2. The van der Waals surface area contributed by atoms with E-state index in [-0.39, 0.29) is 18.9 Å². The summed E-state index contributed by atoms with van der Waals surface area (Å²) in [5, 5.41) is 8.84. The van der Waals surface area contributed by atoms with Crippen molar-refractivity contribution in [3.05, 3.63) is 0 Å². The maximum absolute atomic E-state index is 11.7. The second-order valence-corrected chi connectivity index (χ2v) is 6.51. The lowest BCUT2D eigenvalue weighted by Gasteiger charge is -2.43. The summed E-state index contributed by atoms with van der Waals surface area (Å²) in [5.41, 5.74) is 0. The minimum absolute atomic E-state index is 0.124. The van der Waals surface area contributed by atoms with Gasteiger partial charge in [-0.25, -0.2) is 8.42 Å². The fourth-order valence-electron chi connectivity index (χ4n) is 2.38. The molecular weight excluding hydrogens is 260 g/mol. The zero-order chi connectivity index (χ0) is 14.1. The molecule has 2 atom stereocenters. The normalized spacial score (nSPS) is 26.1. The van der Waals surface area contributed by atoms with Gasteiger partial charge in [-0.3, -0.25) is 9.59 Å². The molecule has 0 aromatic carbocycles. The minimum Gasteiger partial charge on any atom is -0.481 e. The van der Waals surface area contributed by atoms with E-state index >= 15 is 0 Å². The first kappa shape index (κ1) is 14.9. The van der Waals surface area contributed by atoms with Crippen molar-refractivity contribution in [2.45, 2.75) is 32.4 Å². The number of carbonyl (C=O) groups excluding carboxylic acids is 1. The Morgan fingerprint density at radius 1 is 1.33 bits per heavy atom. The summed E-state index contributed by atoms with van der Waals surface area (Å²) in [7, 11) is -3.49. The number of hydrogen-bond donors (Lipinski definition) is 1. The summed E-state index contributed by atoms with van der Waals surface area (Å²) >= 11 is 0. The maximum Gasteiger partial charge on any atom is 0.305 e. The summed E-state index contributed by atoms with van der Waals surface area (Å²) in [5.74, 6) is -1.25. The Labute approximate surface area is 106 Å². The maximum atomic E-state index is 11.7. The van der Waals surface area contributed by atoms with Crippen LogP contribution < -0.4 is 0 Å². The van der Waals surface area contributed by atoms with Gasteiger partial charge in [-0.15, -0.1) is 0 Å². The van der Waals surface area contributed by atoms with Crippen LogP contribution in [0.5, 0.6) is 0 Å². The molecule has 0 aliphatic carbocycles. The van der Waals surface area contributed by atoms with E-state index in [0.29, 0.717) is 6.54 Å². The minimum atomic E-state index is -3.49. The van der Waals surface area contributed by atoms with Crippen molar-refractivity contribution >= 4 is 21.9 Å². The number of sulfonamides is 1. The zero-order valence-corrected chi connectivity index (χ0v) is 11.5. The van der Waals surface area contributed by atoms with Gasteiger partial charge in [0.2, 0.25) is 15.9 Å². The van der Waals surface area contributed by atoms with Crippen LogP contribution >= 0.6 is 0 Å². The van der Waals surface area contributed by atoms with Crippen molar-refractivity contribution in [1.29, 1.82) is 0 Å². The standard InChI is InChI=1S/C10H18N2O5S/c1-7-5-11(8(2)13)6-9(4-10(14)15)12(7)18(3,16)17/h7,9H,4-6H2,1-3H3,(H,14,15)/t7-,9-/m1/s1. The third kappa shape index (κ3) is 3.42. The molecule has 104 valence electrons. The van der Waals surface area contributed by atoms with Crippen LogP contribution in [-0.4, -0.2) is 66.0 Å². The Kier molecular flexibility index (Phi) is 4.33. The van der Waals surface area contributed by atoms with E-state index in [1.54, 1.807) is 6.92 Å². The van der Waals surface area contributed by atoms with Gasteiger partial charge in [0.1, 0.15) is 0 Å². The SMILES string of the molecule is CC(=O)N1C[C@@H](CC(=O)O)N(S(C)(=O)=O)[C@H](C)C1. The van der Waals surface area contributed by atoms with Crippen molar-refractivity contribution < 1.29 is 23.1 Å². The van der Waals surface area contributed by atoms with E-state index in [1.165, 1.54) is 16.1 Å². The molecule has 1 aliphatic heterocycles. The molecule has 0 aromatic heterocycles. The molecule has 1 amide bonds. The second-order valence-electron chi connectivity index (χ2n) is 4.62. The molecule has 1 saturated heterocycles. The van der Waals surface area contributed by atoms with E-state index in [2.05, 4.69) is 0 Å². The highest BCUT2D eigenvalue weighted by molar-refractivity contribution is 7.88. The van der Waals surface area contributed by atoms with E-state index in [4.69, 9.17) is 5.11 Å². The van der Waals surface area contributed by atoms with Crippen LogP contribution in [-0.2, 0) is 19.6 Å². The molecular formula is C10H18N2O5S. The predicted molar refractivity (Wildman–Crippen MR) is 64.4 cm³/mol. The highest BCUT2D eigenvalue weighted by Gasteiger charge is 2.39. The third-order valence-corrected chi connectivity index (χ3v) is 4.37. The van der Waals surface area contributed by atoms with Crippen LogP contribution in [0.25, 0.3) is 0 Å². The fourth-order valence-corrected chi connectivity index (χ4v) is 3.78. The zero-order valence-electron chi connectivity index (χ0n) is 10.7. The molecule has 18 heavy (non-hydrogen) atoms. The Balaban J connectivity index is 3.01. The Morgan fingerprint density at radius 3 is 2.28 bits per heavy atom. The van der Waals surface area contributed by atoms with Crippen LogP contribution in [0.15, 0.2) is 0 Å². The first-order valence-electron chi connectivity index (χ1n) is 5.58. The first-order valence-corrected chi connectivity index (χ1v) is 7.43.